The maximum atomic E-state index is 7.06. The summed E-state index contributed by atoms with van der Waals surface area (Å²) >= 11 is 0. The Kier molecular flexibility index (Phi) is 0.943. The second-order valence-corrected chi connectivity index (χ2v) is 1.95. The average Bonchev–Trinajstić information content (AvgIpc) is 2.27. The number of nitrogens with one attached hydrogen (secondary N) is 1. The Morgan fingerprint density at radius 2 is 2.40 bits per heavy atom. The molecule has 0 aromatic carbocycles. The molecule has 0 bridgehead atoms. The number of hydrogen-bond donors (Lipinski definition) is 1. The van der Waals surface area contributed by atoms with Gasteiger partial charge in [-0.1, -0.05) is 0 Å². The Morgan fingerprint density at radius 1 is 1.50 bits per heavy atom. The topological polar surface area (TPSA) is 57.8 Å². The number of fused-ring (bicyclic) bond motifs is 1. The van der Waals surface area contributed by atoms with E-state index in [1.807, 2.05) is 12.2 Å². The van der Waals surface area contributed by atoms with Crippen LogP contribution in [0.4, 0.5) is 0 Å². The molecule has 0 saturated heterocycles. The van der Waals surface area contributed by atoms with Gasteiger partial charge in [-0.05, 0) is 12.2 Å². The molecular weight excluding hydrogens is 130 g/mol. The van der Waals surface area contributed by atoms with Gasteiger partial charge >= 0.3 is 0 Å². The van der Waals surface area contributed by atoms with Gasteiger partial charge in [0.2, 0.25) is 11.9 Å². The quantitative estimate of drug-likeness (QED) is 0.512. The highest BCUT2D eigenvalue weighted by Crippen LogP contribution is 2.05. The molecule has 2 rings (SSSR count). The van der Waals surface area contributed by atoms with Crippen molar-refractivity contribution < 1.29 is 4.74 Å². The maximum absolute atomic E-state index is 7.06. The molecule has 4 heteroatoms. The van der Waals surface area contributed by atoms with Gasteiger partial charge in [0, 0.05) is 0 Å². The first-order valence-corrected chi connectivity index (χ1v) is 2.92. The molecule has 10 heavy (non-hydrogen) atoms. The molecule has 50 valence electrons. The summed E-state index contributed by atoms with van der Waals surface area (Å²) in [6.07, 6.45) is 3.65. The fourth-order valence-electron chi connectivity index (χ4n) is 0.842. The molecule has 4 nitrogen and oxygen atoms in total. The summed E-state index contributed by atoms with van der Waals surface area (Å²) in [4.78, 5) is 7.53. The summed E-state index contributed by atoms with van der Waals surface area (Å²) in [5.41, 5.74) is 0.663. The van der Waals surface area contributed by atoms with Gasteiger partial charge in [0.1, 0.15) is 12.3 Å². The number of nitrogens with zero attached hydrogens (tertiary/aromatic N) is 2. The van der Waals surface area contributed by atoms with Gasteiger partial charge in [-0.2, -0.15) is 4.99 Å². The van der Waals surface area contributed by atoms with E-state index in [4.69, 9.17) is 10.1 Å². The number of hydrogen-bond acceptors (Lipinski definition) is 2. The monoisotopic (exact) mass is 135 g/mol. The second kappa shape index (κ2) is 1.76. The summed E-state index contributed by atoms with van der Waals surface area (Å²) in [7, 11) is 0. The van der Waals surface area contributed by atoms with Gasteiger partial charge < -0.3 is 4.74 Å². The average molecular weight is 135 g/mol. The van der Waals surface area contributed by atoms with Crippen LogP contribution in [-0.4, -0.2) is 24.2 Å². The molecule has 2 aliphatic heterocycles. The summed E-state index contributed by atoms with van der Waals surface area (Å²) in [5, 5.41) is 7.06. The third kappa shape index (κ3) is 0.655. The standard InChI is InChI=1S/C6H5N3O/c7-6-8-4-2-1-3-10-5(4)9-6/h1-2,7H,3H2. The first kappa shape index (κ1) is 5.34. The van der Waals surface area contributed by atoms with Gasteiger partial charge in [-0.3, -0.25) is 5.41 Å². The molecule has 1 N–H and O–H groups in total. The summed E-state index contributed by atoms with van der Waals surface area (Å²) in [6, 6.07) is 0. The lowest BCUT2D eigenvalue weighted by molar-refractivity contribution is 0.355. The highest BCUT2D eigenvalue weighted by Gasteiger charge is 2.18. The molecule has 0 unspecified atom stereocenters. The summed E-state index contributed by atoms with van der Waals surface area (Å²) in [6.45, 7) is 0.533. The summed E-state index contributed by atoms with van der Waals surface area (Å²) < 4.78 is 5.06. The minimum absolute atomic E-state index is 0.0246. The normalized spacial score (nSPS) is 21.4. The van der Waals surface area contributed by atoms with Crippen molar-refractivity contribution >= 4 is 17.6 Å². The lowest BCUT2D eigenvalue weighted by Crippen LogP contribution is -2.16. The van der Waals surface area contributed by atoms with Crippen molar-refractivity contribution in [2.45, 2.75) is 0 Å². The van der Waals surface area contributed by atoms with E-state index in [0.717, 1.165) is 0 Å². The van der Waals surface area contributed by atoms with Crippen molar-refractivity contribution in [1.82, 2.24) is 0 Å². The predicted molar refractivity (Wildman–Crippen MR) is 37.7 cm³/mol. The van der Waals surface area contributed by atoms with Gasteiger partial charge in [0.15, 0.2) is 0 Å². The van der Waals surface area contributed by atoms with Crippen LogP contribution in [0.15, 0.2) is 22.1 Å². The minimum atomic E-state index is 0.0246. The third-order valence-electron chi connectivity index (χ3n) is 1.24. The Morgan fingerprint density at radius 3 is 3.20 bits per heavy atom. The molecule has 0 atom stereocenters. The molecule has 2 heterocycles. The summed E-state index contributed by atoms with van der Waals surface area (Å²) in [5.74, 6) is 0.504. The van der Waals surface area contributed by atoms with Crippen molar-refractivity contribution in [3.8, 4) is 0 Å². The second-order valence-electron chi connectivity index (χ2n) is 1.95. The number of aliphatic imine (C=N–C) groups is 2. The van der Waals surface area contributed by atoms with Crippen LogP contribution in [0.1, 0.15) is 0 Å². The molecule has 2 aliphatic rings. The van der Waals surface area contributed by atoms with E-state index in [1.165, 1.54) is 0 Å². The van der Waals surface area contributed by atoms with E-state index in [9.17, 15) is 0 Å². The fraction of sp³-hybridized carbons (Fsp3) is 0.167. The SMILES string of the molecule is N=C1N=C2C=CCOC2=N1. The largest absolute Gasteiger partial charge is 0.472 e. The van der Waals surface area contributed by atoms with Crippen LogP contribution in [-0.2, 0) is 4.74 Å². The van der Waals surface area contributed by atoms with E-state index in [2.05, 4.69) is 9.98 Å². The van der Waals surface area contributed by atoms with E-state index in [-0.39, 0.29) is 5.96 Å². The lowest BCUT2D eigenvalue weighted by Gasteiger charge is -2.05. The van der Waals surface area contributed by atoms with Gasteiger partial charge in [-0.15, -0.1) is 0 Å². The zero-order valence-electron chi connectivity index (χ0n) is 5.16. The smallest absolute Gasteiger partial charge is 0.245 e. The zero-order chi connectivity index (χ0) is 6.97. The molecule has 0 aromatic rings. The highest BCUT2D eigenvalue weighted by molar-refractivity contribution is 6.49. The first-order chi connectivity index (χ1) is 4.86. The van der Waals surface area contributed by atoms with Crippen LogP contribution in [0.2, 0.25) is 0 Å². The highest BCUT2D eigenvalue weighted by atomic mass is 16.5. The zero-order valence-corrected chi connectivity index (χ0v) is 5.16. The van der Waals surface area contributed by atoms with E-state index in [0.29, 0.717) is 18.2 Å². The van der Waals surface area contributed by atoms with Crippen molar-refractivity contribution in [3.05, 3.63) is 12.2 Å². The first-order valence-electron chi connectivity index (χ1n) is 2.92. The molecule has 0 saturated carbocycles. The molecule has 0 amide bonds. The van der Waals surface area contributed by atoms with E-state index >= 15 is 0 Å². The van der Waals surface area contributed by atoms with Crippen molar-refractivity contribution in [2.24, 2.45) is 9.98 Å². The minimum Gasteiger partial charge on any atom is -0.472 e. The van der Waals surface area contributed by atoms with Crippen LogP contribution in [0.3, 0.4) is 0 Å². The Labute approximate surface area is 57.5 Å². The van der Waals surface area contributed by atoms with Gasteiger partial charge in [-0.25, -0.2) is 4.99 Å². The number of rotatable bonds is 0. The van der Waals surface area contributed by atoms with Crippen LogP contribution >= 0.6 is 0 Å². The molecule has 0 aromatic heterocycles. The van der Waals surface area contributed by atoms with Crippen molar-refractivity contribution in [3.63, 3.8) is 0 Å². The van der Waals surface area contributed by atoms with E-state index in [1.54, 1.807) is 0 Å². The molecule has 0 fully saturated rings. The van der Waals surface area contributed by atoms with Gasteiger partial charge in [0.25, 0.3) is 0 Å². The molecule has 0 aliphatic carbocycles. The van der Waals surface area contributed by atoms with Crippen LogP contribution in [0.25, 0.3) is 0 Å². The van der Waals surface area contributed by atoms with Gasteiger partial charge in [0.05, 0.1) is 0 Å². The maximum Gasteiger partial charge on any atom is 0.245 e. The van der Waals surface area contributed by atoms with Crippen LogP contribution < -0.4 is 0 Å². The predicted octanol–water partition coefficient (Wildman–Crippen LogP) is 0.361. The number of guanidine groups is 1. The Hall–Kier alpha value is -1.45. The molecule has 0 radical (unpaired) electrons. The number of ether oxygens (including phenoxy) is 1. The fourth-order valence-corrected chi connectivity index (χ4v) is 0.842. The Balaban J connectivity index is 2.46. The van der Waals surface area contributed by atoms with Crippen LogP contribution in [0, 0.1) is 5.41 Å². The van der Waals surface area contributed by atoms with Crippen molar-refractivity contribution in [2.75, 3.05) is 6.61 Å². The molecular formula is C6H5N3O. The Bertz CT molecular complexity index is 275. The third-order valence-corrected chi connectivity index (χ3v) is 1.24. The van der Waals surface area contributed by atoms with E-state index < -0.39 is 0 Å². The van der Waals surface area contributed by atoms with Crippen molar-refractivity contribution in [1.29, 1.82) is 5.41 Å². The lowest BCUT2D eigenvalue weighted by atomic mass is 10.3. The molecule has 0 spiro atoms. The van der Waals surface area contributed by atoms with Crippen LogP contribution in [0.5, 0.6) is 0 Å².